The monoisotopic (exact) mass is 704 g/mol. The summed E-state index contributed by atoms with van der Waals surface area (Å²) in [4.78, 5) is 15.6. The molecule has 0 radical (unpaired) electrons. The Hall–Kier alpha value is -7.04. The molecule has 4 nitrogen and oxygen atoms in total. The standard InChI is InChI=1S/C51H36N4/c1-51(2)41-23-10-12-25-44(41)54(37-19-7-4-8-20-37)47-32-46-40(31-42(47)51)38-22-13-17-35-18-14-26-45(48(35)38)55(46)50-52-43-24-11-9-21-39(43)49(53-50)36-29-27-34(28-30-36)33-15-5-3-6-16-33/h3-32H,1-2H3. The lowest BCUT2D eigenvalue weighted by Crippen LogP contribution is -2.31. The van der Waals surface area contributed by atoms with Gasteiger partial charge in [-0.1, -0.05) is 153 Å². The van der Waals surface area contributed by atoms with Gasteiger partial charge in [0.1, 0.15) is 0 Å². The number of fused-ring (bicyclic) bond motifs is 5. The quantitative estimate of drug-likeness (QED) is 0.183. The molecule has 0 aliphatic carbocycles. The van der Waals surface area contributed by atoms with E-state index < -0.39 is 0 Å². The predicted octanol–water partition coefficient (Wildman–Crippen LogP) is 13.7. The van der Waals surface area contributed by atoms with E-state index in [1.54, 1.807) is 0 Å². The first-order valence-corrected chi connectivity index (χ1v) is 18.9. The molecule has 55 heavy (non-hydrogen) atoms. The van der Waals surface area contributed by atoms with E-state index in [1.165, 1.54) is 49.8 Å². The summed E-state index contributed by atoms with van der Waals surface area (Å²) in [5.41, 5.74) is 15.6. The van der Waals surface area contributed by atoms with E-state index in [4.69, 9.17) is 9.97 Å². The van der Waals surface area contributed by atoms with Crippen molar-refractivity contribution in [3.8, 4) is 33.5 Å². The SMILES string of the molecule is CC1(C)c2ccccc2N(c2ccccc2)c2cc3c(cc21)-c1cccc2cccc(c12)N3c1nc(-c2ccc(-c3ccccc3)cc2)c2ccccc2n1. The molecular weight excluding hydrogens is 669 g/mol. The molecule has 0 unspecified atom stereocenters. The van der Waals surface area contributed by atoms with Gasteiger partial charge in [-0.15, -0.1) is 0 Å². The molecule has 0 saturated heterocycles. The molecule has 0 amide bonds. The van der Waals surface area contributed by atoms with E-state index >= 15 is 0 Å². The minimum atomic E-state index is -0.250. The average molecular weight is 705 g/mol. The van der Waals surface area contributed by atoms with Crippen LogP contribution in [0.1, 0.15) is 25.0 Å². The normalized spacial score (nSPS) is 13.7. The second-order valence-electron chi connectivity index (χ2n) is 15.0. The van der Waals surface area contributed by atoms with Crippen LogP contribution in [-0.4, -0.2) is 9.97 Å². The van der Waals surface area contributed by atoms with Gasteiger partial charge in [0.05, 0.1) is 34.0 Å². The van der Waals surface area contributed by atoms with E-state index in [9.17, 15) is 0 Å². The van der Waals surface area contributed by atoms with Crippen molar-refractivity contribution in [1.29, 1.82) is 0 Å². The fourth-order valence-corrected chi connectivity index (χ4v) is 8.90. The van der Waals surface area contributed by atoms with Crippen LogP contribution in [0, 0.1) is 0 Å². The Labute approximate surface area is 320 Å². The minimum absolute atomic E-state index is 0.250. The molecule has 0 N–H and O–H groups in total. The first-order chi connectivity index (χ1) is 27.0. The number of nitrogens with zero attached hydrogens (tertiary/aromatic N) is 4. The van der Waals surface area contributed by atoms with E-state index in [1.807, 2.05) is 0 Å². The van der Waals surface area contributed by atoms with Crippen LogP contribution >= 0.6 is 0 Å². The molecule has 0 atom stereocenters. The van der Waals surface area contributed by atoms with Crippen LogP contribution in [0.15, 0.2) is 182 Å². The van der Waals surface area contributed by atoms with Gasteiger partial charge in [0.2, 0.25) is 5.95 Å². The third-order valence-electron chi connectivity index (χ3n) is 11.6. The Bertz CT molecular complexity index is 2950. The lowest BCUT2D eigenvalue weighted by molar-refractivity contribution is 0.632. The fourth-order valence-electron chi connectivity index (χ4n) is 8.90. The van der Waals surface area contributed by atoms with E-state index in [2.05, 4.69) is 206 Å². The summed E-state index contributed by atoms with van der Waals surface area (Å²) in [6.45, 7) is 4.71. The van der Waals surface area contributed by atoms with Crippen LogP contribution in [0.3, 0.4) is 0 Å². The molecule has 260 valence electrons. The summed E-state index contributed by atoms with van der Waals surface area (Å²) >= 11 is 0. The number of benzene rings is 8. The third-order valence-corrected chi connectivity index (χ3v) is 11.6. The van der Waals surface area contributed by atoms with Crippen LogP contribution < -0.4 is 9.80 Å². The molecule has 9 aromatic rings. The summed E-state index contributed by atoms with van der Waals surface area (Å²) in [6.07, 6.45) is 0. The van der Waals surface area contributed by atoms with Crippen LogP contribution in [-0.2, 0) is 5.41 Å². The summed E-state index contributed by atoms with van der Waals surface area (Å²) < 4.78 is 0. The van der Waals surface area contributed by atoms with Crippen molar-refractivity contribution in [1.82, 2.24) is 9.97 Å². The lowest BCUT2D eigenvalue weighted by atomic mass is 9.72. The highest BCUT2D eigenvalue weighted by Crippen LogP contribution is 2.58. The molecule has 11 rings (SSSR count). The second kappa shape index (κ2) is 12.0. The summed E-state index contributed by atoms with van der Waals surface area (Å²) in [5.74, 6) is 0.644. The Balaban J connectivity index is 1.18. The van der Waals surface area contributed by atoms with E-state index in [0.717, 1.165) is 44.9 Å². The van der Waals surface area contributed by atoms with Gasteiger partial charge in [-0.25, -0.2) is 9.97 Å². The molecular formula is C51H36N4. The molecule has 3 heterocycles. The molecule has 4 heteroatoms. The Morgan fingerprint density at radius 1 is 0.436 bits per heavy atom. The topological polar surface area (TPSA) is 32.3 Å². The van der Waals surface area contributed by atoms with Crippen LogP contribution in [0.25, 0.3) is 55.2 Å². The highest BCUT2D eigenvalue weighted by Gasteiger charge is 2.39. The number of rotatable bonds is 4. The van der Waals surface area contributed by atoms with Crippen molar-refractivity contribution >= 4 is 56.1 Å². The first kappa shape index (κ1) is 31.5. The predicted molar refractivity (Wildman–Crippen MR) is 228 cm³/mol. The van der Waals surface area contributed by atoms with Gasteiger partial charge in [0.15, 0.2) is 0 Å². The average Bonchev–Trinajstić information content (AvgIpc) is 3.24. The van der Waals surface area contributed by atoms with Crippen molar-refractivity contribution in [2.75, 3.05) is 9.80 Å². The van der Waals surface area contributed by atoms with Crippen molar-refractivity contribution in [3.05, 3.63) is 193 Å². The fraction of sp³-hybridized carbons (Fsp3) is 0.0588. The van der Waals surface area contributed by atoms with Gasteiger partial charge in [0.25, 0.3) is 0 Å². The van der Waals surface area contributed by atoms with E-state index in [-0.39, 0.29) is 5.41 Å². The Morgan fingerprint density at radius 2 is 1.09 bits per heavy atom. The van der Waals surface area contributed by atoms with Gasteiger partial charge in [-0.05, 0) is 75.7 Å². The maximum Gasteiger partial charge on any atom is 0.235 e. The third kappa shape index (κ3) is 4.78. The van der Waals surface area contributed by atoms with Crippen molar-refractivity contribution in [2.24, 2.45) is 0 Å². The van der Waals surface area contributed by atoms with Gasteiger partial charge in [-0.3, -0.25) is 4.90 Å². The minimum Gasteiger partial charge on any atom is -0.310 e. The van der Waals surface area contributed by atoms with Gasteiger partial charge >= 0.3 is 0 Å². The second-order valence-corrected chi connectivity index (χ2v) is 15.0. The van der Waals surface area contributed by atoms with Crippen LogP contribution in [0.5, 0.6) is 0 Å². The molecule has 0 saturated carbocycles. The molecule has 0 fully saturated rings. The van der Waals surface area contributed by atoms with Crippen LogP contribution in [0.4, 0.5) is 34.4 Å². The molecule has 0 spiro atoms. The van der Waals surface area contributed by atoms with Gasteiger partial charge in [0, 0.05) is 33.0 Å². The Morgan fingerprint density at radius 3 is 1.91 bits per heavy atom. The highest BCUT2D eigenvalue weighted by atomic mass is 15.3. The number of hydrogen-bond acceptors (Lipinski definition) is 4. The molecule has 0 bridgehead atoms. The Kier molecular flexibility index (Phi) is 6.86. The number of para-hydroxylation sites is 3. The molecule has 2 aliphatic heterocycles. The molecule has 2 aliphatic rings. The maximum absolute atomic E-state index is 5.51. The summed E-state index contributed by atoms with van der Waals surface area (Å²) in [5, 5.41) is 3.42. The zero-order chi connectivity index (χ0) is 36.7. The number of hydrogen-bond donors (Lipinski definition) is 0. The van der Waals surface area contributed by atoms with E-state index in [0.29, 0.717) is 5.95 Å². The van der Waals surface area contributed by atoms with Crippen molar-refractivity contribution < 1.29 is 0 Å². The molecule has 8 aromatic carbocycles. The number of anilines is 6. The van der Waals surface area contributed by atoms with Gasteiger partial charge in [-0.2, -0.15) is 0 Å². The zero-order valence-electron chi connectivity index (χ0n) is 30.6. The highest BCUT2D eigenvalue weighted by molar-refractivity contribution is 6.14. The van der Waals surface area contributed by atoms with Crippen LogP contribution in [0.2, 0.25) is 0 Å². The number of aromatic nitrogens is 2. The summed E-state index contributed by atoms with van der Waals surface area (Å²) in [6, 6.07) is 65.3. The molecule has 1 aromatic heterocycles. The largest absolute Gasteiger partial charge is 0.310 e. The van der Waals surface area contributed by atoms with Gasteiger partial charge < -0.3 is 4.90 Å². The van der Waals surface area contributed by atoms with Crippen molar-refractivity contribution in [3.63, 3.8) is 0 Å². The smallest absolute Gasteiger partial charge is 0.235 e. The zero-order valence-corrected chi connectivity index (χ0v) is 30.6. The first-order valence-electron chi connectivity index (χ1n) is 18.9. The maximum atomic E-state index is 5.51. The lowest BCUT2D eigenvalue weighted by Gasteiger charge is -2.43. The summed E-state index contributed by atoms with van der Waals surface area (Å²) in [7, 11) is 0. The van der Waals surface area contributed by atoms with Crippen molar-refractivity contribution in [2.45, 2.75) is 19.3 Å².